The summed E-state index contributed by atoms with van der Waals surface area (Å²) in [5, 5.41) is 13.0. The fourth-order valence-electron chi connectivity index (χ4n) is 3.44. The van der Waals surface area contributed by atoms with Gasteiger partial charge >= 0.3 is 0 Å². The molecule has 0 bridgehead atoms. The third-order valence-electron chi connectivity index (χ3n) is 4.69. The van der Waals surface area contributed by atoms with E-state index in [9.17, 15) is 18.5 Å². The van der Waals surface area contributed by atoms with Crippen LogP contribution in [-0.2, 0) is 16.4 Å². The molecular weight excluding hydrogens is 384 g/mol. The second-order valence-electron chi connectivity index (χ2n) is 6.24. The maximum absolute atomic E-state index is 13.4. The van der Waals surface area contributed by atoms with Crippen LogP contribution in [0, 0.1) is 10.1 Å². The Kier molecular flexibility index (Phi) is 4.55. The van der Waals surface area contributed by atoms with Gasteiger partial charge in [0.2, 0.25) is 10.0 Å². The number of rotatable bonds is 4. The molecule has 0 radical (unpaired) electrons. The first-order chi connectivity index (χ1) is 13.0. The van der Waals surface area contributed by atoms with Crippen molar-refractivity contribution in [2.75, 3.05) is 6.54 Å². The van der Waals surface area contributed by atoms with E-state index in [1.807, 2.05) is 41.8 Å². The quantitative estimate of drug-likeness (QED) is 0.490. The smallest absolute Gasteiger partial charge is 0.258 e. The van der Waals surface area contributed by atoms with Crippen LogP contribution >= 0.6 is 11.3 Å². The zero-order valence-electron chi connectivity index (χ0n) is 14.2. The molecule has 138 valence electrons. The fourth-order valence-corrected chi connectivity index (χ4v) is 5.99. The van der Waals surface area contributed by atoms with Gasteiger partial charge in [-0.3, -0.25) is 10.1 Å². The molecule has 1 aromatic heterocycles. The van der Waals surface area contributed by atoms with Crippen LogP contribution in [0.1, 0.15) is 22.0 Å². The summed E-state index contributed by atoms with van der Waals surface area (Å²) in [6.45, 7) is 0.324. The molecule has 27 heavy (non-hydrogen) atoms. The van der Waals surface area contributed by atoms with Crippen LogP contribution in [0.15, 0.2) is 70.9 Å². The minimum Gasteiger partial charge on any atom is -0.258 e. The van der Waals surface area contributed by atoms with E-state index in [2.05, 4.69) is 0 Å². The van der Waals surface area contributed by atoms with E-state index in [1.165, 1.54) is 33.8 Å². The van der Waals surface area contributed by atoms with E-state index in [0.717, 1.165) is 22.1 Å². The van der Waals surface area contributed by atoms with Gasteiger partial charge in [0, 0.05) is 23.6 Å². The maximum atomic E-state index is 13.4. The summed E-state index contributed by atoms with van der Waals surface area (Å²) in [5.41, 5.74) is 1.85. The van der Waals surface area contributed by atoms with Gasteiger partial charge in [-0.05, 0) is 35.1 Å². The number of nitro benzene ring substituents is 1. The van der Waals surface area contributed by atoms with E-state index in [4.69, 9.17) is 0 Å². The van der Waals surface area contributed by atoms with Gasteiger partial charge in [-0.25, -0.2) is 8.42 Å². The third kappa shape index (κ3) is 3.16. The van der Waals surface area contributed by atoms with Crippen molar-refractivity contribution in [2.24, 2.45) is 0 Å². The average Bonchev–Trinajstić information content (AvgIpc) is 3.21. The van der Waals surface area contributed by atoms with Crippen LogP contribution in [0.3, 0.4) is 0 Å². The Morgan fingerprint density at radius 3 is 2.63 bits per heavy atom. The lowest BCUT2D eigenvalue weighted by Crippen LogP contribution is -2.40. The summed E-state index contributed by atoms with van der Waals surface area (Å²) in [4.78, 5) is 11.4. The van der Waals surface area contributed by atoms with Crippen molar-refractivity contribution in [1.29, 1.82) is 0 Å². The van der Waals surface area contributed by atoms with Crippen molar-refractivity contribution < 1.29 is 13.3 Å². The normalized spacial score (nSPS) is 17.4. The Morgan fingerprint density at radius 1 is 1.07 bits per heavy atom. The zero-order valence-corrected chi connectivity index (χ0v) is 15.8. The molecule has 0 spiro atoms. The Bertz CT molecular complexity index is 1090. The Hall–Kier alpha value is -2.55. The van der Waals surface area contributed by atoms with Gasteiger partial charge in [0.05, 0.1) is 15.9 Å². The molecule has 0 saturated carbocycles. The number of hydrogen-bond donors (Lipinski definition) is 0. The summed E-state index contributed by atoms with van der Waals surface area (Å²) >= 11 is 1.50. The highest BCUT2D eigenvalue weighted by Gasteiger charge is 2.38. The molecule has 0 aliphatic carbocycles. The van der Waals surface area contributed by atoms with Crippen molar-refractivity contribution in [2.45, 2.75) is 17.4 Å². The summed E-state index contributed by atoms with van der Waals surface area (Å²) < 4.78 is 28.2. The highest BCUT2D eigenvalue weighted by molar-refractivity contribution is 7.89. The summed E-state index contributed by atoms with van der Waals surface area (Å²) in [7, 11) is -3.90. The van der Waals surface area contributed by atoms with E-state index in [-0.39, 0.29) is 10.6 Å². The zero-order chi connectivity index (χ0) is 19.0. The van der Waals surface area contributed by atoms with Gasteiger partial charge in [0.1, 0.15) is 0 Å². The third-order valence-corrected chi connectivity index (χ3v) is 7.47. The van der Waals surface area contributed by atoms with Gasteiger partial charge in [0.25, 0.3) is 5.69 Å². The van der Waals surface area contributed by atoms with Crippen molar-refractivity contribution in [3.05, 3.63) is 92.2 Å². The molecule has 1 atom stereocenters. The van der Waals surface area contributed by atoms with Gasteiger partial charge in [-0.15, -0.1) is 11.3 Å². The highest BCUT2D eigenvalue weighted by atomic mass is 32.2. The Balaban J connectivity index is 1.84. The monoisotopic (exact) mass is 400 g/mol. The lowest BCUT2D eigenvalue weighted by atomic mass is 9.93. The summed E-state index contributed by atoms with van der Waals surface area (Å²) in [5.74, 6) is 0. The second kappa shape index (κ2) is 6.88. The van der Waals surface area contributed by atoms with E-state index in [0.29, 0.717) is 13.0 Å². The SMILES string of the molecule is O=[N+]([O-])c1cccc(S(=O)(=O)N2CCc3ccccc3C2c2cccs2)c1. The molecule has 2 heterocycles. The molecule has 4 rings (SSSR count). The number of hydrogen-bond acceptors (Lipinski definition) is 5. The van der Waals surface area contributed by atoms with Crippen LogP contribution in [-0.4, -0.2) is 24.2 Å². The topological polar surface area (TPSA) is 80.5 Å². The first-order valence-electron chi connectivity index (χ1n) is 8.36. The summed E-state index contributed by atoms with van der Waals surface area (Å²) in [6.07, 6.45) is 0.603. The van der Waals surface area contributed by atoms with Crippen LogP contribution < -0.4 is 0 Å². The minimum absolute atomic E-state index is 0.0577. The van der Waals surface area contributed by atoms with E-state index >= 15 is 0 Å². The molecule has 2 aromatic carbocycles. The standard InChI is InChI=1S/C19H16N2O4S2/c22-21(23)15-6-3-7-16(13-15)27(24,25)20-11-10-14-5-1-2-8-17(14)19(20)18-9-4-12-26-18/h1-9,12-13,19H,10-11H2. The van der Waals surface area contributed by atoms with Gasteiger partial charge in [-0.1, -0.05) is 36.4 Å². The summed E-state index contributed by atoms with van der Waals surface area (Å²) in [6, 6.07) is 16.5. The molecule has 6 nitrogen and oxygen atoms in total. The molecular formula is C19H16N2O4S2. The van der Waals surface area contributed by atoms with Crippen molar-refractivity contribution in [3.8, 4) is 0 Å². The van der Waals surface area contributed by atoms with Crippen LogP contribution in [0.2, 0.25) is 0 Å². The van der Waals surface area contributed by atoms with Crippen molar-refractivity contribution >= 4 is 27.0 Å². The number of nitrogens with zero attached hydrogens (tertiary/aromatic N) is 2. The molecule has 1 aliphatic rings. The van der Waals surface area contributed by atoms with Gasteiger partial charge in [0.15, 0.2) is 0 Å². The molecule has 1 unspecified atom stereocenters. The maximum Gasteiger partial charge on any atom is 0.270 e. The number of benzene rings is 2. The predicted molar refractivity (Wildman–Crippen MR) is 103 cm³/mol. The number of sulfonamides is 1. The highest BCUT2D eigenvalue weighted by Crippen LogP contribution is 2.40. The molecule has 3 aromatic rings. The minimum atomic E-state index is -3.90. The van der Waals surface area contributed by atoms with Crippen LogP contribution in [0.5, 0.6) is 0 Å². The molecule has 8 heteroatoms. The molecule has 0 fully saturated rings. The molecule has 1 aliphatic heterocycles. The number of nitro groups is 1. The molecule has 0 amide bonds. The van der Waals surface area contributed by atoms with Gasteiger partial charge in [-0.2, -0.15) is 4.31 Å². The molecule has 0 saturated heterocycles. The second-order valence-corrected chi connectivity index (χ2v) is 9.11. The molecule has 0 N–H and O–H groups in total. The average molecular weight is 400 g/mol. The van der Waals surface area contributed by atoms with E-state index in [1.54, 1.807) is 0 Å². The largest absolute Gasteiger partial charge is 0.270 e. The fraction of sp³-hybridized carbons (Fsp3) is 0.158. The first kappa shape index (κ1) is 17.8. The van der Waals surface area contributed by atoms with Crippen molar-refractivity contribution in [3.63, 3.8) is 0 Å². The first-order valence-corrected chi connectivity index (χ1v) is 10.7. The number of non-ortho nitro benzene ring substituents is 1. The van der Waals surface area contributed by atoms with Gasteiger partial charge < -0.3 is 0 Å². The lowest BCUT2D eigenvalue weighted by molar-refractivity contribution is -0.385. The number of fused-ring (bicyclic) bond motifs is 1. The van der Waals surface area contributed by atoms with E-state index < -0.39 is 21.0 Å². The Labute approximate surface area is 160 Å². The number of thiophene rings is 1. The Morgan fingerprint density at radius 2 is 1.89 bits per heavy atom. The lowest BCUT2D eigenvalue weighted by Gasteiger charge is -2.35. The van der Waals surface area contributed by atoms with Crippen molar-refractivity contribution in [1.82, 2.24) is 4.31 Å². The van der Waals surface area contributed by atoms with Crippen LogP contribution in [0.25, 0.3) is 0 Å². The predicted octanol–water partition coefficient (Wildman–Crippen LogP) is 3.99. The van der Waals surface area contributed by atoms with Crippen LogP contribution in [0.4, 0.5) is 5.69 Å².